The molecule has 0 bridgehead atoms. The largest absolute Gasteiger partial charge is 0.407 e. The number of anilines is 1. The fraction of sp³-hybridized carbons (Fsp3) is 0.667. The normalized spacial score (nSPS) is 30.0. The SMILES string of the molecule is Cc1ccc2c(c1)NCC1(O[Si](C)(C)C)CCC21O[Si](C)(C)C. The van der Waals surface area contributed by atoms with Crippen LogP contribution in [-0.2, 0) is 14.5 Å². The lowest BCUT2D eigenvalue weighted by Gasteiger charge is -2.64. The third-order valence-electron chi connectivity index (χ3n) is 4.77. The predicted molar refractivity (Wildman–Crippen MR) is 102 cm³/mol. The van der Waals surface area contributed by atoms with E-state index in [1.165, 1.54) is 16.8 Å². The zero-order valence-electron chi connectivity index (χ0n) is 15.7. The van der Waals surface area contributed by atoms with Gasteiger partial charge in [-0.15, -0.1) is 0 Å². The number of fused-ring (bicyclic) bond motifs is 3. The minimum atomic E-state index is -1.70. The van der Waals surface area contributed by atoms with Crippen molar-refractivity contribution in [3.05, 3.63) is 29.3 Å². The van der Waals surface area contributed by atoms with Crippen molar-refractivity contribution in [2.24, 2.45) is 0 Å². The molecule has 2 atom stereocenters. The predicted octanol–water partition coefficient (Wildman–Crippen LogP) is 4.85. The molecule has 1 aliphatic carbocycles. The first kappa shape index (κ1) is 17.2. The second-order valence-electron chi connectivity index (χ2n) is 9.15. The van der Waals surface area contributed by atoms with E-state index in [9.17, 15) is 0 Å². The van der Waals surface area contributed by atoms with Crippen LogP contribution in [-0.4, -0.2) is 28.8 Å². The van der Waals surface area contributed by atoms with Crippen LogP contribution in [0.15, 0.2) is 18.2 Å². The van der Waals surface area contributed by atoms with Crippen LogP contribution in [0.5, 0.6) is 0 Å². The Morgan fingerprint density at radius 3 is 2.13 bits per heavy atom. The lowest BCUT2D eigenvalue weighted by molar-refractivity contribution is -0.202. The maximum absolute atomic E-state index is 6.88. The molecule has 3 nitrogen and oxygen atoms in total. The maximum atomic E-state index is 6.88. The lowest BCUT2D eigenvalue weighted by atomic mass is 9.60. The van der Waals surface area contributed by atoms with E-state index in [0.717, 1.165) is 19.4 Å². The Morgan fingerprint density at radius 1 is 0.957 bits per heavy atom. The van der Waals surface area contributed by atoms with Crippen molar-refractivity contribution in [3.63, 3.8) is 0 Å². The highest BCUT2D eigenvalue weighted by molar-refractivity contribution is 6.70. The van der Waals surface area contributed by atoms with E-state index >= 15 is 0 Å². The van der Waals surface area contributed by atoms with Gasteiger partial charge in [-0.3, -0.25) is 0 Å². The van der Waals surface area contributed by atoms with Gasteiger partial charge in [0.05, 0.1) is 0 Å². The van der Waals surface area contributed by atoms with Gasteiger partial charge in [0.15, 0.2) is 16.6 Å². The minimum Gasteiger partial charge on any atom is -0.407 e. The van der Waals surface area contributed by atoms with Crippen molar-refractivity contribution in [1.82, 2.24) is 0 Å². The summed E-state index contributed by atoms with van der Waals surface area (Å²) >= 11 is 0. The van der Waals surface area contributed by atoms with E-state index in [-0.39, 0.29) is 11.2 Å². The first-order chi connectivity index (χ1) is 10.5. The fourth-order valence-corrected chi connectivity index (χ4v) is 7.07. The fourth-order valence-electron chi connectivity index (χ4n) is 4.11. The molecular formula is C18H31NO2Si2. The zero-order chi connectivity index (χ0) is 17.1. The van der Waals surface area contributed by atoms with E-state index in [1.54, 1.807) is 0 Å². The van der Waals surface area contributed by atoms with E-state index in [2.05, 4.69) is 69.7 Å². The Labute approximate surface area is 143 Å². The molecule has 1 aliphatic heterocycles. The summed E-state index contributed by atoms with van der Waals surface area (Å²) in [5, 5.41) is 3.64. The molecule has 128 valence electrons. The van der Waals surface area contributed by atoms with Crippen molar-refractivity contribution >= 4 is 22.3 Å². The maximum Gasteiger partial charge on any atom is 0.185 e. The smallest absolute Gasteiger partial charge is 0.185 e. The van der Waals surface area contributed by atoms with E-state index in [4.69, 9.17) is 8.85 Å². The van der Waals surface area contributed by atoms with Gasteiger partial charge < -0.3 is 14.2 Å². The topological polar surface area (TPSA) is 30.5 Å². The summed E-state index contributed by atoms with van der Waals surface area (Å²) in [6.07, 6.45) is 2.15. The van der Waals surface area contributed by atoms with Crippen molar-refractivity contribution < 1.29 is 8.85 Å². The van der Waals surface area contributed by atoms with E-state index in [0.29, 0.717) is 0 Å². The van der Waals surface area contributed by atoms with E-state index in [1.807, 2.05) is 0 Å². The summed E-state index contributed by atoms with van der Waals surface area (Å²) in [6.45, 7) is 16.7. The molecule has 0 spiro atoms. The average molecular weight is 350 g/mol. The molecule has 0 aromatic heterocycles. The highest BCUT2D eigenvalue weighted by Gasteiger charge is 2.66. The zero-order valence-corrected chi connectivity index (χ0v) is 17.7. The summed E-state index contributed by atoms with van der Waals surface area (Å²) in [6, 6.07) is 6.72. The van der Waals surface area contributed by atoms with Crippen molar-refractivity contribution in [1.29, 1.82) is 0 Å². The van der Waals surface area contributed by atoms with Crippen LogP contribution in [0.3, 0.4) is 0 Å². The molecule has 1 heterocycles. The molecule has 0 radical (unpaired) electrons. The number of aryl methyl sites for hydroxylation is 1. The Morgan fingerprint density at radius 2 is 1.61 bits per heavy atom. The Bertz CT molecular complexity index is 620. The van der Waals surface area contributed by atoms with Crippen LogP contribution in [0, 0.1) is 6.92 Å². The highest BCUT2D eigenvalue weighted by atomic mass is 28.4. The monoisotopic (exact) mass is 349 g/mol. The quantitative estimate of drug-likeness (QED) is 0.788. The summed E-state index contributed by atoms with van der Waals surface area (Å²) in [5.41, 5.74) is 3.38. The summed E-state index contributed by atoms with van der Waals surface area (Å²) < 4.78 is 13.7. The van der Waals surface area contributed by atoms with Gasteiger partial charge in [0, 0.05) is 17.8 Å². The van der Waals surface area contributed by atoms with Gasteiger partial charge in [0.25, 0.3) is 0 Å². The number of hydrogen-bond donors (Lipinski definition) is 1. The van der Waals surface area contributed by atoms with Crippen LogP contribution < -0.4 is 5.32 Å². The van der Waals surface area contributed by atoms with Crippen LogP contribution in [0.25, 0.3) is 0 Å². The number of hydrogen-bond acceptors (Lipinski definition) is 3. The molecule has 1 saturated carbocycles. The summed E-state index contributed by atoms with van der Waals surface area (Å²) in [5.74, 6) is 0. The van der Waals surface area contributed by atoms with Gasteiger partial charge in [0.1, 0.15) is 11.2 Å². The molecule has 0 amide bonds. The molecule has 1 aromatic rings. The lowest BCUT2D eigenvalue weighted by Crippen LogP contribution is -2.72. The van der Waals surface area contributed by atoms with Crippen LogP contribution in [0.2, 0.25) is 39.3 Å². The number of benzene rings is 1. The van der Waals surface area contributed by atoms with Gasteiger partial charge in [-0.25, -0.2) is 0 Å². The third-order valence-corrected chi connectivity index (χ3v) is 6.74. The van der Waals surface area contributed by atoms with Gasteiger partial charge in [-0.2, -0.15) is 0 Å². The Hall–Kier alpha value is -0.626. The molecule has 2 aliphatic rings. The molecule has 2 unspecified atom stereocenters. The van der Waals surface area contributed by atoms with Crippen LogP contribution in [0.1, 0.15) is 24.0 Å². The standard InChI is InChI=1S/C18H31NO2Si2/c1-14-8-9-15-16(12-14)19-13-17(20-22(2,3)4)10-11-18(15,17)21-23(5,6)7/h8-9,12,19H,10-11,13H2,1-7H3. The molecule has 3 rings (SSSR count). The van der Waals surface area contributed by atoms with Crippen LogP contribution >= 0.6 is 0 Å². The van der Waals surface area contributed by atoms with Crippen molar-refractivity contribution in [3.8, 4) is 0 Å². The summed E-state index contributed by atoms with van der Waals surface area (Å²) in [7, 11) is -3.37. The molecule has 23 heavy (non-hydrogen) atoms. The molecule has 0 saturated heterocycles. The number of rotatable bonds is 4. The minimum absolute atomic E-state index is 0.194. The van der Waals surface area contributed by atoms with Crippen LogP contribution in [0.4, 0.5) is 5.69 Å². The molecule has 1 fully saturated rings. The molecule has 1 aromatic carbocycles. The summed E-state index contributed by atoms with van der Waals surface area (Å²) in [4.78, 5) is 0. The molecule has 1 N–H and O–H groups in total. The second-order valence-corrected chi connectivity index (χ2v) is 18.0. The van der Waals surface area contributed by atoms with E-state index < -0.39 is 16.6 Å². The van der Waals surface area contributed by atoms with Gasteiger partial charge in [-0.05, 0) is 70.7 Å². The van der Waals surface area contributed by atoms with Crippen molar-refractivity contribution in [2.75, 3.05) is 11.9 Å². The van der Waals surface area contributed by atoms with Gasteiger partial charge in [0.2, 0.25) is 0 Å². The van der Waals surface area contributed by atoms with Gasteiger partial charge in [-0.1, -0.05) is 12.1 Å². The van der Waals surface area contributed by atoms with Gasteiger partial charge >= 0.3 is 0 Å². The average Bonchev–Trinajstić information content (AvgIpc) is 2.36. The molecule has 5 heteroatoms. The van der Waals surface area contributed by atoms with Crippen molar-refractivity contribution in [2.45, 2.75) is 70.2 Å². The third kappa shape index (κ3) is 2.92. The first-order valence-electron chi connectivity index (χ1n) is 8.72. The number of nitrogens with one attached hydrogen (secondary N) is 1. The Kier molecular flexibility index (Phi) is 3.88. The second kappa shape index (κ2) is 5.18. The Balaban J connectivity index is 2.11. The first-order valence-corrected chi connectivity index (χ1v) is 15.5. The molecular weight excluding hydrogens is 318 g/mol. The highest BCUT2D eigenvalue weighted by Crippen LogP contribution is 2.60.